The fraction of sp³-hybridized carbons (Fsp3) is 0.812. The smallest absolute Gasteiger partial charge is 0.0784 e. The van der Waals surface area contributed by atoms with Crippen LogP contribution in [-0.4, -0.2) is 21.0 Å². The van der Waals surface area contributed by atoms with Gasteiger partial charge in [0.2, 0.25) is 0 Å². The summed E-state index contributed by atoms with van der Waals surface area (Å²) in [7, 11) is 0. The normalized spacial score (nSPS) is 28.0. The Hall–Kier alpha value is -0.830. The topological polar surface area (TPSA) is 38.0 Å². The van der Waals surface area contributed by atoms with Crippen LogP contribution in [0.4, 0.5) is 0 Å². The van der Waals surface area contributed by atoms with Crippen LogP contribution < -0.4 is 0 Å². The summed E-state index contributed by atoms with van der Waals surface area (Å²) in [5, 5.41) is 15.1. The van der Waals surface area contributed by atoms with Crippen molar-refractivity contribution in [1.29, 1.82) is 0 Å². The Kier molecular flexibility index (Phi) is 4.67. The lowest BCUT2D eigenvalue weighted by atomic mass is 9.78. The molecule has 1 saturated carbocycles. The Bertz CT molecular complexity index is 411. The van der Waals surface area contributed by atoms with Crippen molar-refractivity contribution in [2.24, 2.45) is 11.8 Å². The SMILES string of the molecule is CCc1cc(CC)n(C2CC(C(C)C)CCC2O)n1. The molecule has 0 aliphatic heterocycles. The fourth-order valence-corrected chi connectivity index (χ4v) is 3.24. The first-order chi connectivity index (χ1) is 9.06. The van der Waals surface area contributed by atoms with Gasteiger partial charge in [-0.15, -0.1) is 0 Å². The molecule has 3 heteroatoms. The van der Waals surface area contributed by atoms with Crippen LogP contribution in [0.3, 0.4) is 0 Å². The van der Waals surface area contributed by atoms with Gasteiger partial charge in [-0.3, -0.25) is 4.68 Å². The van der Waals surface area contributed by atoms with Crippen molar-refractivity contribution in [3.8, 4) is 0 Å². The minimum Gasteiger partial charge on any atom is -0.391 e. The lowest BCUT2D eigenvalue weighted by Gasteiger charge is -2.36. The molecular formula is C16H28N2O. The second-order valence-electron chi connectivity index (χ2n) is 6.23. The molecule has 1 aromatic rings. The molecule has 19 heavy (non-hydrogen) atoms. The summed E-state index contributed by atoms with van der Waals surface area (Å²) in [4.78, 5) is 0. The first-order valence-electron chi connectivity index (χ1n) is 7.82. The molecule has 1 aromatic heterocycles. The number of aryl methyl sites for hydroxylation is 2. The predicted octanol–water partition coefficient (Wildman–Crippen LogP) is 3.37. The number of hydrogen-bond donors (Lipinski definition) is 1. The third-order valence-corrected chi connectivity index (χ3v) is 4.67. The van der Waals surface area contributed by atoms with E-state index in [1.165, 1.54) is 5.69 Å². The Morgan fingerprint density at radius 1 is 1.32 bits per heavy atom. The van der Waals surface area contributed by atoms with Crippen LogP contribution in [0.15, 0.2) is 6.07 Å². The third kappa shape index (κ3) is 3.02. The first-order valence-corrected chi connectivity index (χ1v) is 7.82. The van der Waals surface area contributed by atoms with Gasteiger partial charge in [-0.1, -0.05) is 27.7 Å². The van der Waals surface area contributed by atoms with Crippen molar-refractivity contribution in [3.05, 3.63) is 17.5 Å². The van der Waals surface area contributed by atoms with Crippen molar-refractivity contribution in [1.82, 2.24) is 9.78 Å². The highest BCUT2D eigenvalue weighted by Gasteiger charge is 2.33. The van der Waals surface area contributed by atoms with Gasteiger partial charge in [0, 0.05) is 5.69 Å². The number of aromatic nitrogens is 2. The highest BCUT2D eigenvalue weighted by molar-refractivity contribution is 5.12. The highest BCUT2D eigenvalue weighted by Crippen LogP contribution is 2.37. The second kappa shape index (κ2) is 6.08. The van der Waals surface area contributed by atoms with E-state index in [1.807, 2.05) is 0 Å². The number of hydrogen-bond acceptors (Lipinski definition) is 2. The number of nitrogens with zero attached hydrogens (tertiary/aromatic N) is 2. The summed E-state index contributed by atoms with van der Waals surface area (Å²) >= 11 is 0. The molecule has 1 fully saturated rings. The van der Waals surface area contributed by atoms with E-state index in [4.69, 9.17) is 5.10 Å². The largest absolute Gasteiger partial charge is 0.391 e. The van der Waals surface area contributed by atoms with Crippen LogP contribution in [-0.2, 0) is 12.8 Å². The van der Waals surface area contributed by atoms with Gasteiger partial charge in [0.15, 0.2) is 0 Å². The third-order valence-electron chi connectivity index (χ3n) is 4.67. The van der Waals surface area contributed by atoms with Gasteiger partial charge < -0.3 is 5.11 Å². The van der Waals surface area contributed by atoms with Crippen LogP contribution >= 0.6 is 0 Å². The molecule has 108 valence electrons. The number of aliphatic hydroxyl groups is 1. The maximum absolute atomic E-state index is 10.4. The molecule has 0 spiro atoms. The fourth-order valence-electron chi connectivity index (χ4n) is 3.24. The van der Waals surface area contributed by atoms with Gasteiger partial charge >= 0.3 is 0 Å². The van der Waals surface area contributed by atoms with Crippen molar-refractivity contribution >= 4 is 0 Å². The van der Waals surface area contributed by atoms with E-state index < -0.39 is 0 Å². The van der Waals surface area contributed by atoms with E-state index in [9.17, 15) is 5.11 Å². The van der Waals surface area contributed by atoms with Crippen molar-refractivity contribution in [2.75, 3.05) is 0 Å². The molecule has 3 unspecified atom stereocenters. The summed E-state index contributed by atoms with van der Waals surface area (Å²) in [5.41, 5.74) is 2.42. The first kappa shape index (κ1) is 14.6. The van der Waals surface area contributed by atoms with E-state index in [0.717, 1.165) is 37.8 Å². The average Bonchev–Trinajstić information content (AvgIpc) is 2.82. The van der Waals surface area contributed by atoms with Crippen LogP contribution in [0.2, 0.25) is 0 Å². The van der Waals surface area contributed by atoms with Crippen molar-refractivity contribution in [2.45, 2.75) is 71.9 Å². The molecule has 1 aliphatic carbocycles. The molecule has 1 aliphatic rings. The maximum Gasteiger partial charge on any atom is 0.0784 e. The Labute approximate surface area is 117 Å². The van der Waals surface area contributed by atoms with Gasteiger partial charge in [-0.05, 0) is 50.0 Å². The molecule has 1 heterocycles. The quantitative estimate of drug-likeness (QED) is 0.905. The summed E-state index contributed by atoms with van der Waals surface area (Å²) < 4.78 is 2.12. The summed E-state index contributed by atoms with van der Waals surface area (Å²) in [6, 6.07) is 2.38. The summed E-state index contributed by atoms with van der Waals surface area (Å²) in [6.07, 6.45) is 4.86. The molecule has 0 radical (unpaired) electrons. The number of rotatable bonds is 4. The molecule has 3 atom stereocenters. The van der Waals surface area contributed by atoms with Crippen LogP contribution in [0.5, 0.6) is 0 Å². The van der Waals surface area contributed by atoms with E-state index in [0.29, 0.717) is 11.8 Å². The maximum atomic E-state index is 10.4. The average molecular weight is 264 g/mol. The van der Waals surface area contributed by atoms with Crippen LogP contribution in [0.1, 0.15) is 64.4 Å². The van der Waals surface area contributed by atoms with Gasteiger partial charge in [0.1, 0.15) is 0 Å². The van der Waals surface area contributed by atoms with E-state index in [-0.39, 0.29) is 12.1 Å². The molecule has 2 rings (SSSR count). The van der Waals surface area contributed by atoms with Crippen LogP contribution in [0.25, 0.3) is 0 Å². The van der Waals surface area contributed by atoms with Crippen LogP contribution in [0, 0.1) is 11.8 Å². The predicted molar refractivity (Wildman–Crippen MR) is 78.2 cm³/mol. The van der Waals surface area contributed by atoms with E-state index in [2.05, 4.69) is 38.4 Å². The van der Waals surface area contributed by atoms with Gasteiger partial charge in [0.05, 0.1) is 17.8 Å². The Balaban J connectivity index is 2.25. The second-order valence-corrected chi connectivity index (χ2v) is 6.23. The zero-order valence-electron chi connectivity index (χ0n) is 12.8. The molecule has 0 amide bonds. The molecule has 0 saturated heterocycles. The standard InChI is InChI=1S/C16H28N2O/c1-5-13-10-14(6-2)18(17-13)15-9-12(11(3)4)7-8-16(15)19/h10-12,15-16,19H,5-9H2,1-4H3. The Morgan fingerprint density at radius 3 is 2.63 bits per heavy atom. The van der Waals surface area contributed by atoms with Gasteiger partial charge in [-0.25, -0.2) is 0 Å². The Morgan fingerprint density at radius 2 is 2.05 bits per heavy atom. The summed E-state index contributed by atoms with van der Waals surface area (Å²) in [6.45, 7) is 8.89. The monoisotopic (exact) mass is 264 g/mol. The summed E-state index contributed by atoms with van der Waals surface area (Å²) in [5.74, 6) is 1.41. The minimum absolute atomic E-state index is 0.177. The zero-order chi connectivity index (χ0) is 14.0. The van der Waals surface area contributed by atoms with E-state index in [1.54, 1.807) is 0 Å². The molecule has 1 N–H and O–H groups in total. The van der Waals surface area contributed by atoms with E-state index >= 15 is 0 Å². The van der Waals surface area contributed by atoms with Gasteiger partial charge in [-0.2, -0.15) is 5.10 Å². The minimum atomic E-state index is -0.232. The lowest BCUT2D eigenvalue weighted by Crippen LogP contribution is -2.34. The van der Waals surface area contributed by atoms with Gasteiger partial charge in [0.25, 0.3) is 0 Å². The molecular weight excluding hydrogens is 236 g/mol. The molecule has 0 aromatic carbocycles. The highest BCUT2D eigenvalue weighted by atomic mass is 16.3. The molecule has 3 nitrogen and oxygen atoms in total. The number of aliphatic hydroxyl groups excluding tert-OH is 1. The molecule has 0 bridgehead atoms. The lowest BCUT2D eigenvalue weighted by molar-refractivity contribution is 0.0369. The van der Waals surface area contributed by atoms with Crippen molar-refractivity contribution in [3.63, 3.8) is 0 Å². The van der Waals surface area contributed by atoms with Crippen molar-refractivity contribution < 1.29 is 5.11 Å². The zero-order valence-corrected chi connectivity index (χ0v) is 12.8.